The van der Waals surface area contributed by atoms with Gasteiger partial charge in [-0.2, -0.15) is 0 Å². The fourth-order valence-electron chi connectivity index (χ4n) is 3.72. The molecule has 3 heteroatoms. The zero-order valence-electron chi connectivity index (χ0n) is 11.5. The summed E-state index contributed by atoms with van der Waals surface area (Å²) in [6.45, 7) is 4.44. The van der Waals surface area contributed by atoms with Crippen LogP contribution in [0.5, 0.6) is 0 Å². The van der Waals surface area contributed by atoms with Crippen molar-refractivity contribution in [1.82, 2.24) is 5.32 Å². The van der Waals surface area contributed by atoms with Gasteiger partial charge in [-0.05, 0) is 62.1 Å². The van der Waals surface area contributed by atoms with E-state index in [2.05, 4.69) is 5.32 Å². The molecule has 104 valence electrons. The number of aryl methyl sites for hydroxylation is 1. The van der Waals surface area contributed by atoms with Crippen LogP contribution in [0.25, 0.3) is 0 Å². The summed E-state index contributed by atoms with van der Waals surface area (Å²) in [6, 6.07) is 2.74. The molecule has 3 rings (SSSR count). The van der Waals surface area contributed by atoms with E-state index in [4.69, 9.17) is 0 Å². The van der Waals surface area contributed by atoms with Crippen molar-refractivity contribution < 1.29 is 8.78 Å². The molecular formula is C16H21F2N. The Morgan fingerprint density at radius 1 is 1.21 bits per heavy atom. The zero-order valence-corrected chi connectivity index (χ0v) is 11.5. The van der Waals surface area contributed by atoms with Gasteiger partial charge in [-0.3, -0.25) is 0 Å². The normalized spacial score (nSPS) is 30.2. The van der Waals surface area contributed by atoms with Crippen molar-refractivity contribution in [3.8, 4) is 0 Å². The van der Waals surface area contributed by atoms with Crippen LogP contribution >= 0.6 is 0 Å². The topological polar surface area (TPSA) is 12.0 Å². The second-order valence-corrected chi connectivity index (χ2v) is 6.11. The lowest BCUT2D eigenvalue weighted by molar-refractivity contribution is 0.327. The van der Waals surface area contributed by atoms with Gasteiger partial charge in [0.2, 0.25) is 0 Å². The highest BCUT2D eigenvalue weighted by Crippen LogP contribution is 2.57. The molecule has 0 bridgehead atoms. The summed E-state index contributed by atoms with van der Waals surface area (Å²) in [5.74, 6) is 1.25. The molecule has 3 atom stereocenters. The molecular weight excluding hydrogens is 244 g/mol. The van der Waals surface area contributed by atoms with Crippen LogP contribution in [0.1, 0.15) is 43.4 Å². The van der Waals surface area contributed by atoms with Crippen molar-refractivity contribution >= 4 is 0 Å². The van der Waals surface area contributed by atoms with E-state index < -0.39 is 5.82 Å². The average molecular weight is 265 g/mol. The van der Waals surface area contributed by atoms with E-state index in [1.165, 1.54) is 18.6 Å². The van der Waals surface area contributed by atoms with Gasteiger partial charge >= 0.3 is 0 Å². The predicted molar refractivity (Wildman–Crippen MR) is 71.8 cm³/mol. The molecule has 0 aromatic heterocycles. The lowest BCUT2D eigenvalue weighted by Gasteiger charge is -2.27. The summed E-state index contributed by atoms with van der Waals surface area (Å²) in [5, 5.41) is 3.31. The highest BCUT2D eigenvalue weighted by atomic mass is 19.1. The van der Waals surface area contributed by atoms with E-state index in [1.54, 1.807) is 6.92 Å². The van der Waals surface area contributed by atoms with Crippen LogP contribution in [0.2, 0.25) is 0 Å². The monoisotopic (exact) mass is 265 g/mol. The maximum absolute atomic E-state index is 14.3. The minimum absolute atomic E-state index is 0.169. The van der Waals surface area contributed by atoms with Crippen LogP contribution in [0.3, 0.4) is 0 Å². The quantitative estimate of drug-likeness (QED) is 0.868. The van der Waals surface area contributed by atoms with Crippen LogP contribution in [0, 0.1) is 36.3 Å². The molecule has 0 aliphatic heterocycles. The molecule has 1 aromatic rings. The summed E-state index contributed by atoms with van der Waals surface area (Å²) in [6.07, 6.45) is 3.57. The SMILES string of the molecule is CCNC(c1c(F)ccc(C)c1F)C1CC2CC2C1. The van der Waals surface area contributed by atoms with Gasteiger partial charge in [0.25, 0.3) is 0 Å². The first-order valence-corrected chi connectivity index (χ1v) is 7.29. The Morgan fingerprint density at radius 3 is 2.53 bits per heavy atom. The standard InChI is InChI=1S/C16H21F2N/c1-3-19-16(12-7-10-6-11(10)8-12)14-13(17)5-4-9(2)15(14)18/h4-5,10-12,16,19H,3,6-8H2,1-2H3. The molecule has 1 N–H and O–H groups in total. The minimum atomic E-state index is -0.408. The van der Waals surface area contributed by atoms with Crippen molar-refractivity contribution in [2.75, 3.05) is 6.54 Å². The number of nitrogens with one attached hydrogen (secondary N) is 1. The van der Waals surface area contributed by atoms with Gasteiger partial charge < -0.3 is 5.32 Å². The Bertz CT molecular complexity index is 476. The summed E-state index contributed by atoms with van der Waals surface area (Å²) < 4.78 is 28.4. The van der Waals surface area contributed by atoms with Gasteiger partial charge in [-0.15, -0.1) is 0 Å². The third-order valence-electron chi connectivity index (χ3n) is 4.81. The van der Waals surface area contributed by atoms with Crippen LogP contribution in [0.4, 0.5) is 8.78 Å². The Hall–Kier alpha value is -0.960. The summed E-state index contributed by atoms with van der Waals surface area (Å²) in [4.78, 5) is 0. The maximum Gasteiger partial charge on any atom is 0.133 e. The number of hydrogen-bond acceptors (Lipinski definition) is 1. The first-order chi connectivity index (χ1) is 9.11. The van der Waals surface area contributed by atoms with Crippen molar-refractivity contribution in [2.24, 2.45) is 17.8 Å². The van der Waals surface area contributed by atoms with Crippen LogP contribution in [0.15, 0.2) is 12.1 Å². The van der Waals surface area contributed by atoms with Gasteiger partial charge in [0, 0.05) is 11.6 Å². The van der Waals surface area contributed by atoms with Gasteiger partial charge in [0.15, 0.2) is 0 Å². The lowest BCUT2D eigenvalue weighted by atomic mass is 9.87. The fourth-order valence-corrected chi connectivity index (χ4v) is 3.72. The van der Waals surface area contributed by atoms with Gasteiger partial charge in [0.1, 0.15) is 11.6 Å². The van der Waals surface area contributed by atoms with Crippen LogP contribution < -0.4 is 5.32 Å². The average Bonchev–Trinajstić information content (AvgIpc) is 3.00. The largest absolute Gasteiger partial charge is 0.310 e. The van der Waals surface area contributed by atoms with E-state index in [1.807, 2.05) is 6.92 Å². The second-order valence-electron chi connectivity index (χ2n) is 6.11. The molecule has 0 amide bonds. The summed E-state index contributed by atoms with van der Waals surface area (Å²) >= 11 is 0. The number of rotatable bonds is 4. The number of hydrogen-bond donors (Lipinski definition) is 1. The van der Waals surface area contributed by atoms with E-state index in [-0.39, 0.29) is 17.4 Å². The molecule has 3 unspecified atom stereocenters. The predicted octanol–water partition coefficient (Wildman–Crippen LogP) is 3.97. The molecule has 0 heterocycles. The molecule has 1 aromatic carbocycles. The summed E-state index contributed by atoms with van der Waals surface area (Å²) in [7, 11) is 0. The Kier molecular flexibility index (Phi) is 3.34. The van der Waals surface area contributed by atoms with E-state index in [0.717, 1.165) is 31.2 Å². The Morgan fingerprint density at radius 2 is 1.89 bits per heavy atom. The highest BCUT2D eigenvalue weighted by molar-refractivity contribution is 5.30. The molecule has 0 radical (unpaired) electrons. The van der Waals surface area contributed by atoms with E-state index >= 15 is 0 Å². The highest BCUT2D eigenvalue weighted by Gasteiger charge is 2.48. The van der Waals surface area contributed by atoms with Crippen molar-refractivity contribution in [3.05, 3.63) is 34.9 Å². The first kappa shape index (κ1) is 13.0. The molecule has 2 aliphatic rings. The van der Waals surface area contributed by atoms with E-state index in [9.17, 15) is 8.78 Å². The smallest absolute Gasteiger partial charge is 0.133 e. The molecule has 19 heavy (non-hydrogen) atoms. The third-order valence-corrected chi connectivity index (χ3v) is 4.81. The van der Waals surface area contributed by atoms with Crippen LogP contribution in [-0.2, 0) is 0 Å². The fraction of sp³-hybridized carbons (Fsp3) is 0.625. The molecule has 1 nitrogen and oxygen atoms in total. The first-order valence-electron chi connectivity index (χ1n) is 7.29. The van der Waals surface area contributed by atoms with Gasteiger partial charge in [-0.1, -0.05) is 13.0 Å². The maximum atomic E-state index is 14.3. The third kappa shape index (κ3) is 2.29. The molecule has 0 spiro atoms. The Balaban J connectivity index is 1.93. The number of benzene rings is 1. The second kappa shape index (κ2) is 4.86. The number of halogens is 2. The molecule has 2 aliphatic carbocycles. The van der Waals surface area contributed by atoms with Crippen molar-refractivity contribution in [2.45, 2.75) is 39.2 Å². The van der Waals surface area contributed by atoms with Crippen LogP contribution in [-0.4, -0.2) is 6.54 Å². The molecule has 2 fully saturated rings. The minimum Gasteiger partial charge on any atom is -0.310 e. The summed E-state index contributed by atoms with van der Waals surface area (Å²) in [5.41, 5.74) is 0.788. The van der Waals surface area contributed by atoms with Crippen molar-refractivity contribution in [3.63, 3.8) is 0 Å². The zero-order chi connectivity index (χ0) is 13.6. The molecule has 0 saturated heterocycles. The number of fused-ring (bicyclic) bond motifs is 1. The Labute approximate surface area is 113 Å². The van der Waals surface area contributed by atoms with Gasteiger partial charge in [0.05, 0.1) is 0 Å². The lowest BCUT2D eigenvalue weighted by Crippen LogP contribution is -2.29. The van der Waals surface area contributed by atoms with Crippen molar-refractivity contribution in [1.29, 1.82) is 0 Å². The van der Waals surface area contributed by atoms with Gasteiger partial charge in [-0.25, -0.2) is 8.78 Å². The molecule has 2 saturated carbocycles. The van der Waals surface area contributed by atoms with E-state index in [0.29, 0.717) is 11.5 Å².